The van der Waals surface area contributed by atoms with Crippen LogP contribution in [0.25, 0.3) is 0 Å². The molecule has 0 aromatic heterocycles. The van der Waals surface area contributed by atoms with E-state index in [0.29, 0.717) is 16.6 Å². The Labute approximate surface area is 107 Å². The number of carboxylic acids is 1. The lowest BCUT2D eigenvalue weighted by Gasteiger charge is -2.31. The van der Waals surface area contributed by atoms with Crippen molar-refractivity contribution in [3.05, 3.63) is 28.8 Å². The van der Waals surface area contributed by atoms with E-state index in [1.165, 1.54) is 6.07 Å². The summed E-state index contributed by atoms with van der Waals surface area (Å²) in [5, 5.41) is 9.62. The van der Waals surface area contributed by atoms with Crippen LogP contribution in [0.4, 0.5) is 5.69 Å². The van der Waals surface area contributed by atoms with E-state index in [4.69, 9.17) is 11.6 Å². The molecule has 0 amide bonds. The first-order valence-corrected chi connectivity index (χ1v) is 5.98. The van der Waals surface area contributed by atoms with Crippen molar-refractivity contribution in [3.8, 4) is 0 Å². The molecule has 0 radical (unpaired) electrons. The quantitative estimate of drug-likeness (QED) is 0.895. The molecule has 94 valence electrons. The van der Waals surface area contributed by atoms with Crippen molar-refractivity contribution in [1.29, 1.82) is 0 Å². The molecule has 1 aromatic rings. The molecular weight excluding hydrogens is 238 g/mol. The average molecular weight is 256 g/mol. The van der Waals surface area contributed by atoms with E-state index in [0.717, 1.165) is 0 Å². The van der Waals surface area contributed by atoms with Crippen LogP contribution >= 0.6 is 11.6 Å². The third-order valence-corrected chi connectivity index (χ3v) is 3.38. The second-order valence-electron chi connectivity index (χ2n) is 4.56. The summed E-state index contributed by atoms with van der Waals surface area (Å²) in [6.07, 6.45) is 0. The van der Waals surface area contributed by atoms with Gasteiger partial charge in [-0.1, -0.05) is 25.4 Å². The van der Waals surface area contributed by atoms with Gasteiger partial charge in [-0.05, 0) is 31.0 Å². The summed E-state index contributed by atoms with van der Waals surface area (Å²) in [4.78, 5) is 13.2. The molecule has 0 aliphatic heterocycles. The number of rotatable bonds is 4. The molecule has 0 bridgehead atoms. The van der Waals surface area contributed by atoms with E-state index in [-0.39, 0.29) is 11.6 Å². The fraction of sp³-hybridized carbons (Fsp3) is 0.462. The van der Waals surface area contributed by atoms with E-state index < -0.39 is 5.97 Å². The lowest BCUT2D eigenvalue weighted by Crippen LogP contribution is -2.34. The number of nitrogens with zero attached hydrogens (tertiary/aromatic N) is 1. The fourth-order valence-electron chi connectivity index (χ4n) is 1.65. The van der Waals surface area contributed by atoms with E-state index in [9.17, 15) is 9.90 Å². The first-order valence-electron chi connectivity index (χ1n) is 5.60. The molecule has 0 aliphatic rings. The molecule has 1 aromatic carbocycles. The Morgan fingerprint density at radius 3 is 2.41 bits per heavy atom. The summed E-state index contributed by atoms with van der Waals surface area (Å²) in [5.74, 6) is -0.511. The van der Waals surface area contributed by atoms with Crippen molar-refractivity contribution in [2.24, 2.45) is 5.92 Å². The summed E-state index contributed by atoms with van der Waals surface area (Å²) in [7, 11) is 1.90. The molecule has 1 unspecified atom stereocenters. The smallest absolute Gasteiger partial charge is 0.337 e. The van der Waals surface area contributed by atoms with Gasteiger partial charge in [0.2, 0.25) is 0 Å². The first kappa shape index (κ1) is 13.8. The number of aromatic carboxylic acids is 1. The Balaban J connectivity index is 3.17. The monoisotopic (exact) mass is 255 g/mol. The number of halogens is 1. The van der Waals surface area contributed by atoms with E-state index in [1.54, 1.807) is 12.1 Å². The van der Waals surface area contributed by atoms with Crippen LogP contribution in [-0.4, -0.2) is 24.2 Å². The normalized spacial score (nSPS) is 12.6. The SMILES string of the molecule is CC(C)C(C)N(C)c1ccc(Cl)cc1C(=O)O. The minimum atomic E-state index is -0.953. The molecule has 1 rings (SSSR count). The van der Waals surface area contributed by atoms with Gasteiger partial charge in [-0.3, -0.25) is 0 Å². The number of carboxylic acid groups (broad SMARTS) is 1. The molecule has 17 heavy (non-hydrogen) atoms. The predicted octanol–water partition coefficient (Wildman–Crippen LogP) is 3.52. The van der Waals surface area contributed by atoms with Crippen molar-refractivity contribution in [2.75, 3.05) is 11.9 Å². The van der Waals surface area contributed by atoms with Crippen molar-refractivity contribution in [1.82, 2.24) is 0 Å². The number of hydrogen-bond donors (Lipinski definition) is 1. The topological polar surface area (TPSA) is 40.5 Å². The van der Waals surface area contributed by atoms with Gasteiger partial charge in [-0.2, -0.15) is 0 Å². The fourth-order valence-corrected chi connectivity index (χ4v) is 1.83. The van der Waals surface area contributed by atoms with Crippen LogP contribution in [0.2, 0.25) is 5.02 Å². The van der Waals surface area contributed by atoms with Crippen molar-refractivity contribution in [2.45, 2.75) is 26.8 Å². The van der Waals surface area contributed by atoms with Crippen LogP contribution in [0.15, 0.2) is 18.2 Å². The van der Waals surface area contributed by atoms with E-state index >= 15 is 0 Å². The van der Waals surface area contributed by atoms with E-state index in [2.05, 4.69) is 20.8 Å². The van der Waals surface area contributed by atoms with Crippen LogP contribution in [-0.2, 0) is 0 Å². The molecule has 3 nitrogen and oxygen atoms in total. The second-order valence-corrected chi connectivity index (χ2v) is 5.00. The Kier molecular flexibility index (Phi) is 4.40. The zero-order chi connectivity index (χ0) is 13.2. The summed E-state index contributed by atoms with van der Waals surface area (Å²) in [6.45, 7) is 6.29. The predicted molar refractivity (Wildman–Crippen MR) is 71.1 cm³/mol. The van der Waals surface area contributed by atoms with Gasteiger partial charge < -0.3 is 10.0 Å². The highest BCUT2D eigenvalue weighted by Crippen LogP contribution is 2.26. The second kappa shape index (κ2) is 5.41. The van der Waals surface area contributed by atoms with E-state index in [1.807, 2.05) is 11.9 Å². The van der Waals surface area contributed by atoms with Crippen LogP contribution in [0.3, 0.4) is 0 Å². The molecule has 0 saturated carbocycles. The summed E-state index contributed by atoms with van der Waals surface area (Å²) < 4.78 is 0. The average Bonchev–Trinajstić information content (AvgIpc) is 2.26. The number of anilines is 1. The Morgan fingerprint density at radius 1 is 1.35 bits per heavy atom. The van der Waals surface area contributed by atoms with Gasteiger partial charge in [-0.25, -0.2) is 4.79 Å². The molecule has 0 saturated heterocycles. The zero-order valence-corrected chi connectivity index (χ0v) is 11.3. The molecule has 4 heteroatoms. The standard InChI is InChI=1S/C13H18ClNO2/c1-8(2)9(3)15(4)12-6-5-10(14)7-11(12)13(16)17/h5-9H,1-4H3,(H,16,17). The van der Waals surface area contributed by atoms with Crippen molar-refractivity contribution in [3.63, 3.8) is 0 Å². The van der Waals surface area contributed by atoms with Gasteiger partial charge in [0.1, 0.15) is 0 Å². The van der Waals surface area contributed by atoms with Crippen molar-refractivity contribution >= 4 is 23.3 Å². The van der Waals surface area contributed by atoms with Gasteiger partial charge in [0, 0.05) is 18.1 Å². The molecule has 0 fully saturated rings. The third-order valence-electron chi connectivity index (χ3n) is 3.14. The van der Waals surface area contributed by atoms with Gasteiger partial charge in [0.05, 0.1) is 11.3 Å². The lowest BCUT2D eigenvalue weighted by molar-refractivity contribution is 0.0697. The summed E-state index contributed by atoms with van der Waals surface area (Å²) >= 11 is 5.83. The third kappa shape index (κ3) is 3.13. The Bertz CT molecular complexity index is 418. The molecule has 0 spiro atoms. The van der Waals surface area contributed by atoms with Crippen LogP contribution in [0.1, 0.15) is 31.1 Å². The number of carbonyl (C=O) groups is 1. The van der Waals surface area contributed by atoms with Gasteiger partial charge >= 0.3 is 5.97 Å². The Morgan fingerprint density at radius 2 is 1.94 bits per heavy atom. The first-order chi connectivity index (χ1) is 7.84. The maximum absolute atomic E-state index is 11.2. The Hall–Kier alpha value is -1.22. The van der Waals surface area contributed by atoms with Crippen LogP contribution < -0.4 is 4.90 Å². The number of benzene rings is 1. The molecule has 0 aliphatic carbocycles. The van der Waals surface area contributed by atoms with Crippen LogP contribution in [0.5, 0.6) is 0 Å². The molecule has 0 heterocycles. The van der Waals surface area contributed by atoms with Gasteiger partial charge in [-0.15, -0.1) is 0 Å². The highest BCUT2D eigenvalue weighted by atomic mass is 35.5. The van der Waals surface area contributed by atoms with Gasteiger partial charge in [0.15, 0.2) is 0 Å². The highest BCUT2D eigenvalue weighted by molar-refractivity contribution is 6.31. The highest BCUT2D eigenvalue weighted by Gasteiger charge is 2.19. The maximum atomic E-state index is 11.2. The summed E-state index contributed by atoms with van der Waals surface area (Å²) in [6, 6.07) is 5.22. The van der Waals surface area contributed by atoms with Crippen LogP contribution in [0, 0.1) is 5.92 Å². The van der Waals surface area contributed by atoms with Crippen molar-refractivity contribution < 1.29 is 9.90 Å². The summed E-state index contributed by atoms with van der Waals surface area (Å²) in [5.41, 5.74) is 0.940. The lowest BCUT2D eigenvalue weighted by atomic mass is 10.0. The minimum absolute atomic E-state index is 0.243. The van der Waals surface area contributed by atoms with Gasteiger partial charge in [0.25, 0.3) is 0 Å². The molecule has 1 N–H and O–H groups in total. The molecule has 1 atom stereocenters. The maximum Gasteiger partial charge on any atom is 0.337 e. The molecular formula is C13H18ClNO2. The zero-order valence-electron chi connectivity index (χ0n) is 10.6. The number of hydrogen-bond acceptors (Lipinski definition) is 2. The minimum Gasteiger partial charge on any atom is -0.478 e. The largest absolute Gasteiger partial charge is 0.478 e.